The quantitative estimate of drug-likeness (QED) is 0.541. The Hall–Kier alpha value is -0.720. The summed E-state index contributed by atoms with van der Waals surface area (Å²) in [5.41, 5.74) is 1.09. The molecular weight excluding hydrogens is 122 g/mol. The highest BCUT2D eigenvalue weighted by molar-refractivity contribution is 5.11. The van der Waals surface area contributed by atoms with Crippen LogP contribution in [0.2, 0.25) is 0 Å². The zero-order chi connectivity index (χ0) is 7.98. The molecular formula is C9H17N. The molecule has 0 aliphatic carbocycles. The Bertz CT molecular complexity index is 125. The molecule has 58 valence electrons. The van der Waals surface area contributed by atoms with Crippen LogP contribution in [-0.4, -0.2) is 18.5 Å². The minimum absolute atomic E-state index is 1.09. The highest BCUT2D eigenvalue weighted by Crippen LogP contribution is 1.99. The number of hydrogen-bond acceptors (Lipinski definition) is 1. The predicted molar refractivity (Wildman–Crippen MR) is 46.9 cm³/mol. The summed E-state index contributed by atoms with van der Waals surface area (Å²) >= 11 is 0. The molecule has 1 nitrogen and oxygen atoms in total. The van der Waals surface area contributed by atoms with Gasteiger partial charge in [-0.15, -0.1) is 0 Å². The summed E-state index contributed by atoms with van der Waals surface area (Å²) in [6, 6.07) is 0. The van der Waals surface area contributed by atoms with Crippen LogP contribution in [0.5, 0.6) is 0 Å². The van der Waals surface area contributed by atoms with Crippen molar-refractivity contribution in [3.8, 4) is 0 Å². The molecule has 0 aliphatic heterocycles. The summed E-state index contributed by atoms with van der Waals surface area (Å²) in [6.45, 7) is 9.16. The molecule has 0 aromatic heterocycles. The van der Waals surface area contributed by atoms with Gasteiger partial charge in [-0.05, 0) is 19.4 Å². The third-order valence-electron chi connectivity index (χ3n) is 1.41. The first-order valence-electron chi connectivity index (χ1n) is 3.75. The van der Waals surface area contributed by atoms with E-state index in [-0.39, 0.29) is 0 Å². The molecule has 0 fully saturated rings. The zero-order valence-corrected chi connectivity index (χ0v) is 7.22. The molecule has 0 spiro atoms. The fourth-order valence-corrected chi connectivity index (χ4v) is 0.799. The predicted octanol–water partition coefficient (Wildman–Crippen LogP) is 2.42. The topological polar surface area (TPSA) is 3.24 Å². The molecule has 0 rings (SSSR count). The van der Waals surface area contributed by atoms with E-state index in [2.05, 4.69) is 25.5 Å². The lowest BCUT2D eigenvalue weighted by Gasteiger charge is -2.17. The van der Waals surface area contributed by atoms with E-state index < -0.39 is 0 Å². The maximum absolute atomic E-state index is 3.90. The van der Waals surface area contributed by atoms with Crippen LogP contribution < -0.4 is 0 Å². The highest BCUT2D eigenvalue weighted by atomic mass is 15.1. The van der Waals surface area contributed by atoms with Gasteiger partial charge in [0, 0.05) is 19.3 Å². The third kappa shape index (κ3) is 3.33. The average Bonchev–Trinajstić information content (AvgIpc) is 1.89. The molecule has 0 aliphatic rings. The van der Waals surface area contributed by atoms with E-state index >= 15 is 0 Å². The summed E-state index contributed by atoms with van der Waals surface area (Å²) in [5.74, 6) is 0. The second-order valence-electron chi connectivity index (χ2n) is 2.41. The Labute approximate surface area is 64.0 Å². The van der Waals surface area contributed by atoms with Crippen LogP contribution in [0.1, 0.15) is 20.3 Å². The standard InChI is InChI=1S/C9H17N/c1-5-7-9(3)10(4)8-6-2/h5,7H,3,6,8H2,1-2,4H3/b7-5-. The van der Waals surface area contributed by atoms with Crippen molar-refractivity contribution in [2.24, 2.45) is 0 Å². The molecule has 0 saturated carbocycles. The van der Waals surface area contributed by atoms with Crippen molar-refractivity contribution in [2.75, 3.05) is 13.6 Å². The van der Waals surface area contributed by atoms with Crippen molar-refractivity contribution < 1.29 is 0 Å². The first-order chi connectivity index (χ1) is 4.72. The van der Waals surface area contributed by atoms with E-state index in [1.807, 2.05) is 19.1 Å². The SMILES string of the molecule is C=C(/C=C\C)N(C)CCC. The number of nitrogens with zero attached hydrogens (tertiary/aromatic N) is 1. The van der Waals surface area contributed by atoms with Gasteiger partial charge in [0.05, 0.1) is 0 Å². The Balaban J connectivity index is 3.70. The minimum Gasteiger partial charge on any atom is -0.375 e. The zero-order valence-electron chi connectivity index (χ0n) is 7.22. The maximum Gasteiger partial charge on any atom is 0.0287 e. The molecule has 1 heteroatoms. The molecule has 0 N–H and O–H groups in total. The molecule has 0 amide bonds. The van der Waals surface area contributed by atoms with Crippen LogP contribution in [0, 0.1) is 0 Å². The van der Waals surface area contributed by atoms with Crippen molar-refractivity contribution in [3.05, 3.63) is 24.4 Å². The van der Waals surface area contributed by atoms with E-state index in [1.54, 1.807) is 0 Å². The van der Waals surface area contributed by atoms with Gasteiger partial charge in [-0.25, -0.2) is 0 Å². The van der Waals surface area contributed by atoms with Crippen molar-refractivity contribution in [2.45, 2.75) is 20.3 Å². The molecule has 0 unspecified atom stereocenters. The summed E-state index contributed by atoms with van der Waals surface area (Å²) in [5, 5.41) is 0. The number of hydrogen-bond donors (Lipinski definition) is 0. The van der Waals surface area contributed by atoms with Crippen LogP contribution in [-0.2, 0) is 0 Å². The lowest BCUT2D eigenvalue weighted by Crippen LogP contribution is -2.16. The van der Waals surface area contributed by atoms with E-state index in [1.165, 1.54) is 6.42 Å². The van der Waals surface area contributed by atoms with Crippen molar-refractivity contribution in [1.29, 1.82) is 0 Å². The Morgan fingerprint density at radius 1 is 1.60 bits per heavy atom. The first kappa shape index (κ1) is 9.28. The number of rotatable bonds is 4. The van der Waals surface area contributed by atoms with Gasteiger partial charge in [-0.3, -0.25) is 0 Å². The van der Waals surface area contributed by atoms with E-state index in [0.29, 0.717) is 0 Å². The van der Waals surface area contributed by atoms with E-state index in [0.717, 1.165) is 12.2 Å². The monoisotopic (exact) mass is 139 g/mol. The lowest BCUT2D eigenvalue weighted by atomic mass is 10.3. The summed E-state index contributed by atoms with van der Waals surface area (Å²) in [4.78, 5) is 2.15. The number of allylic oxidation sites excluding steroid dienone is 2. The molecule has 0 aromatic rings. The van der Waals surface area contributed by atoms with Crippen molar-refractivity contribution >= 4 is 0 Å². The molecule has 0 radical (unpaired) electrons. The molecule has 10 heavy (non-hydrogen) atoms. The second-order valence-corrected chi connectivity index (χ2v) is 2.41. The average molecular weight is 139 g/mol. The first-order valence-corrected chi connectivity index (χ1v) is 3.75. The third-order valence-corrected chi connectivity index (χ3v) is 1.41. The van der Waals surface area contributed by atoms with Gasteiger partial charge in [-0.1, -0.05) is 19.6 Å². The van der Waals surface area contributed by atoms with Crippen molar-refractivity contribution in [1.82, 2.24) is 4.90 Å². The van der Waals surface area contributed by atoms with Gasteiger partial charge in [-0.2, -0.15) is 0 Å². The summed E-state index contributed by atoms with van der Waals surface area (Å²) in [7, 11) is 2.06. The smallest absolute Gasteiger partial charge is 0.0287 e. The van der Waals surface area contributed by atoms with Crippen LogP contribution in [0.15, 0.2) is 24.4 Å². The van der Waals surface area contributed by atoms with Gasteiger partial charge in [0.15, 0.2) is 0 Å². The van der Waals surface area contributed by atoms with Crippen LogP contribution in [0.25, 0.3) is 0 Å². The van der Waals surface area contributed by atoms with Gasteiger partial charge in [0.1, 0.15) is 0 Å². The van der Waals surface area contributed by atoms with Gasteiger partial charge in [0.25, 0.3) is 0 Å². The maximum atomic E-state index is 3.90. The normalized spacial score (nSPS) is 10.3. The minimum atomic E-state index is 1.09. The molecule has 0 heterocycles. The Morgan fingerprint density at radius 3 is 2.60 bits per heavy atom. The summed E-state index contributed by atoms with van der Waals surface area (Å²) < 4.78 is 0. The lowest BCUT2D eigenvalue weighted by molar-refractivity contribution is 0.431. The summed E-state index contributed by atoms with van der Waals surface area (Å²) in [6.07, 6.45) is 5.21. The van der Waals surface area contributed by atoms with Crippen LogP contribution in [0.3, 0.4) is 0 Å². The van der Waals surface area contributed by atoms with Gasteiger partial charge < -0.3 is 4.90 Å². The second kappa shape index (κ2) is 5.10. The highest BCUT2D eigenvalue weighted by Gasteiger charge is 1.93. The van der Waals surface area contributed by atoms with Crippen LogP contribution >= 0.6 is 0 Å². The van der Waals surface area contributed by atoms with E-state index in [9.17, 15) is 0 Å². The van der Waals surface area contributed by atoms with E-state index in [4.69, 9.17) is 0 Å². The fraction of sp³-hybridized carbons (Fsp3) is 0.556. The molecule has 0 bridgehead atoms. The molecule has 0 aromatic carbocycles. The molecule has 0 saturated heterocycles. The largest absolute Gasteiger partial charge is 0.375 e. The van der Waals surface area contributed by atoms with Crippen molar-refractivity contribution in [3.63, 3.8) is 0 Å². The van der Waals surface area contributed by atoms with Gasteiger partial charge >= 0.3 is 0 Å². The van der Waals surface area contributed by atoms with Gasteiger partial charge in [0.2, 0.25) is 0 Å². The Kier molecular flexibility index (Phi) is 4.73. The Morgan fingerprint density at radius 2 is 2.20 bits per heavy atom. The molecule has 0 atom stereocenters. The van der Waals surface area contributed by atoms with Crippen LogP contribution in [0.4, 0.5) is 0 Å². The number of likely N-dealkylation sites (N-methyl/N-ethyl adjacent to an activating group) is 1. The fourth-order valence-electron chi connectivity index (χ4n) is 0.799.